The summed E-state index contributed by atoms with van der Waals surface area (Å²) >= 11 is 0. The molecule has 6 nitrogen and oxygen atoms in total. The maximum Gasteiger partial charge on any atom is 0.501 e. The molecule has 0 aromatic heterocycles. The summed E-state index contributed by atoms with van der Waals surface area (Å²) in [7, 11) is 4.77. The predicted molar refractivity (Wildman–Crippen MR) is 104 cm³/mol. The summed E-state index contributed by atoms with van der Waals surface area (Å²) in [6, 6.07) is 0.836. The molecule has 1 N–H and O–H groups in total. The van der Waals surface area contributed by atoms with Crippen LogP contribution in [0.1, 0.15) is 33.1 Å². The van der Waals surface area contributed by atoms with Crippen molar-refractivity contribution in [1.82, 2.24) is 15.1 Å². The second kappa shape index (κ2) is 15.2. The van der Waals surface area contributed by atoms with Gasteiger partial charge in [-0.25, -0.2) is 0 Å². The van der Waals surface area contributed by atoms with Gasteiger partial charge < -0.3 is 28.4 Å². The number of nitrogens with zero attached hydrogens (tertiary/aromatic N) is 2. The normalized spacial score (nSPS) is 12.5. The van der Waals surface area contributed by atoms with Crippen molar-refractivity contribution in [2.75, 3.05) is 74.2 Å². The molecule has 0 amide bonds. The number of hydrogen-bond acceptors (Lipinski definition) is 6. The Morgan fingerprint density at radius 3 is 2.00 bits per heavy atom. The van der Waals surface area contributed by atoms with Crippen molar-refractivity contribution in [1.29, 1.82) is 0 Å². The minimum absolute atomic E-state index is 0.836. The van der Waals surface area contributed by atoms with E-state index in [1.807, 2.05) is 0 Å². The summed E-state index contributed by atoms with van der Waals surface area (Å²) in [4.78, 5) is 4.88. The number of nitrogens with one attached hydrogen (secondary N) is 1. The van der Waals surface area contributed by atoms with Crippen LogP contribution < -0.4 is 5.32 Å². The lowest BCUT2D eigenvalue weighted by molar-refractivity contribution is 0.117. The molecule has 0 bridgehead atoms. The average molecular weight is 364 g/mol. The molecule has 7 heteroatoms. The molecule has 0 fully saturated rings. The van der Waals surface area contributed by atoms with E-state index in [4.69, 9.17) is 13.3 Å². The summed E-state index contributed by atoms with van der Waals surface area (Å²) in [5.41, 5.74) is 0. The molecule has 0 aromatic carbocycles. The van der Waals surface area contributed by atoms with Gasteiger partial charge in [0.2, 0.25) is 0 Å². The fraction of sp³-hybridized carbons (Fsp3) is 1.00. The van der Waals surface area contributed by atoms with E-state index in [2.05, 4.69) is 36.0 Å². The SMILES string of the molecule is CCCNCCCN(CCCN(C)CC)CC[Si](OC)(OC)OC. The summed E-state index contributed by atoms with van der Waals surface area (Å²) in [6.45, 7) is 12.0. The topological polar surface area (TPSA) is 46.2 Å². The lowest BCUT2D eigenvalue weighted by atomic mass is 10.3. The van der Waals surface area contributed by atoms with Gasteiger partial charge in [-0.3, -0.25) is 0 Å². The predicted octanol–water partition coefficient (Wildman–Crippen LogP) is 1.90. The van der Waals surface area contributed by atoms with Gasteiger partial charge >= 0.3 is 8.80 Å². The van der Waals surface area contributed by atoms with Gasteiger partial charge in [-0.1, -0.05) is 13.8 Å². The first-order valence-corrected chi connectivity index (χ1v) is 11.3. The zero-order valence-electron chi connectivity index (χ0n) is 16.9. The summed E-state index contributed by atoms with van der Waals surface area (Å²) < 4.78 is 16.7. The van der Waals surface area contributed by atoms with Gasteiger partial charge in [0.1, 0.15) is 0 Å². The van der Waals surface area contributed by atoms with Gasteiger partial charge in [0.05, 0.1) is 0 Å². The van der Waals surface area contributed by atoms with Crippen molar-refractivity contribution in [3.63, 3.8) is 0 Å². The molecule has 0 aliphatic carbocycles. The number of rotatable bonds is 17. The van der Waals surface area contributed by atoms with E-state index in [0.29, 0.717) is 0 Å². The first-order valence-electron chi connectivity index (χ1n) is 9.34. The van der Waals surface area contributed by atoms with Crippen molar-refractivity contribution in [3.8, 4) is 0 Å². The molecule has 0 rings (SSSR count). The number of hydrogen-bond donors (Lipinski definition) is 1. The van der Waals surface area contributed by atoms with Crippen LogP contribution in [-0.4, -0.2) is 92.8 Å². The summed E-state index contributed by atoms with van der Waals surface area (Å²) in [5, 5.41) is 3.48. The lowest BCUT2D eigenvalue weighted by Crippen LogP contribution is -2.46. The Bertz CT molecular complexity index is 274. The molecule has 0 aliphatic rings. The van der Waals surface area contributed by atoms with Gasteiger partial charge in [-0.05, 0) is 65.6 Å². The Kier molecular flexibility index (Phi) is 15.2. The summed E-state index contributed by atoms with van der Waals surface area (Å²) in [5.74, 6) is 0. The minimum Gasteiger partial charge on any atom is -0.377 e. The minimum atomic E-state index is -2.48. The first kappa shape index (κ1) is 24.0. The van der Waals surface area contributed by atoms with E-state index in [9.17, 15) is 0 Å². The van der Waals surface area contributed by atoms with E-state index < -0.39 is 8.80 Å². The van der Waals surface area contributed by atoms with Crippen molar-refractivity contribution in [3.05, 3.63) is 0 Å². The van der Waals surface area contributed by atoms with Crippen molar-refractivity contribution < 1.29 is 13.3 Å². The van der Waals surface area contributed by atoms with Gasteiger partial charge in [0, 0.05) is 33.9 Å². The highest BCUT2D eigenvalue weighted by Gasteiger charge is 2.37. The Labute approximate surface area is 151 Å². The molecule has 0 saturated heterocycles. The van der Waals surface area contributed by atoms with Crippen molar-refractivity contribution in [2.24, 2.45) is 0 Å². The Morgan fingerprint density at radius 1 is 0.833 bits per heavy atom. The van der Waals surface area contributed by atoms with E-state index >= 15 is 0 Å². The third-order valence-electron chi connectivity index (χ3n) is 4.48. The fourth-order valence-electron chi connectivity index (χ4n) is 2.64. The van der Waals surface area contributed by atoms with Crippen LogP contribution in [0.5, 0.6) is 0 Å². The maximum absolute atomic E-state index is 5.55. The second-order valence-electron chi connectivity index (χ2n) is 6.24. The lowest BCUT2D eigenvalue weighted by Gasteiger charge is -2.29. The van der Waals surface area contributed by atoms with E-state index in [-0.39, 0.29) is 0 Å². The van der Waals surface area contributed by atoms with E-state index in [1.165, 1.54) is 19.3 Å². The fourth-order valence-corrected chi connectivity index (χ4v) is 4.34. The zero-order valence-corrected chi connectivity index (χ0v) is 17.9. The van der Waals surface area contributed by atoms with Crippen LogP contribution in [-0.2, 0) is 13.3 Å². The quantitative estimate of drug-likeness (QED) is 0.315. The van der Waals surface area contributed by atoms with Crippen LogP contribution in [0.15, 0.2) is 0 Å². The molecule has 0 heterocycles. The Hall–Kier alpha value is -0.0231. The highest BCUT2D eigenvalue weighted by atomic mass is 28.4. The van der Waals surface area contributed by atoms with Gasteiger partial charge in [0.25, 0.3) is 0 Å². The third-order valence-corrected chi connectivity index (χ3v) is 7.18. The van der Waals surface area contributed by atoms with Crippen LogP contribution in [0, 0.1) is 0 Å². The summed E-state index contributed by atoms with van der Waals surface area (Å²) in [6.07, 6.45) is 3.55. The van der Waals surface area contributed by atoms with Crippen LogP contribution in [0.3, 0.4) is 0 Å². The standard InChI is InChI=1S/C17H41N3O3Si/c1-7-11-18-12-9-14-20(15-10-13-19(3)8-2)16-17-24(21-4,22-5)23-6/h18H,7-17H2,1-6H3. The van der Waals surface area contributed by atoms with Gasteiger partial charge in [0.15, 0.2) is 0 Å². The maximum atomic E-state index is 5.55. The van der Waals surface area contributed by atoms with E-state index in [1.54, 1.807) is 21.3 Å². The van der Waals surface area contributed by atoms with Crippen LogP contribution in [0.4, 0.5) is 0 Å². The molecule has 0 unspecified atom stereocenters. The smallest absolute Gasteiger partial charge is 0.377 e. The largest absolute Gasteiger partial charge is 0.501 e. The molecule has 24 heavy (non-hydrogen) atoms. The molecule has 0 saturated carbocycles. The second-order valence-corrected chi connectivity index (χ2v) is 9.33. The molecule has 0 atom stereocenters. The monoisotopic (exact) mass is 363 g/mol. The molecule has 0 spiro atoms. The highest BCUT2D eigenvalue weighted by molar-refractivity contribution is 6.60. The van der Waals surface area contributed by atoms with Crippen molar-refractivity contribution >= 4 is 8.80 Å². The molecular formula is C17H41N3O3Si. The van der Waals surface area contributed by atoms with Gasteiger partial charge in [-0.2, -0.15) is 0 Å². The molecular weight excluding hydrogens is 322 g/mol. The van der Waals surface area contributed by atoms with Crippen LogP contribution in [0.25, 0.3) is 0 Å². The Balaban J connectivity index is 4.33. The molecule has 0 aromatic rings. The molecule has 0 radical (unpaired) electrons. The average Bonchev–Trinajstić information content (AvgIpc) is 2.62. The van der Waals surface area contributed by atoms with Crippen LogP contribution in [0.2, 0.25) is 6.04 Å². The molecule has 0 aliphatic heterocycles. The van der Waals surface area contributed by atoms with E-state index in [0.717, 1.165) is 51.9 Å². The van der Waals surface area contributed by atoms with Crippen molar-refractivity contribution in [2.45, 2.75) is 39.2 Å². The Morgan fingerprint density at radius 2 is 1.46 bits per heavy atom. The highest BCUT2D eigenvalue weighted by Crippen LogP contribution is 2.13. The van der Waals surface area contributed by atoms with Gasteiger partial charge in [-0.15, -0.1) is 0 Å². The third kappa shape index (κ3) is 10.8. The van der Waals surface area contributed by atoms with Crippen LogP contribution >= 0.6 is 0 Å². The first-order chi connectivity index (χ1) is 11.6. The molecule has 146 valence electrons. The zero-order chi connectivity index (χ0) is 18.3.